The minimum Gasteiger partial charge on any atom is -0.262 e. The van der Waals surface area contributed by atoms with Crippen LogP contribution in [0.25, 0.3) is 0 Å². The summed E-state index contributed by atoms with van der Waals surface area (Å²) in [5, 5.41) is 0. The van der Waals surface area contributed by atoms with E-state index in [0.717, 1.165) is 0 Å². The maximum Gasteiger partial charge on any atom is 0.462 e. The molecule has 0 amide bonds. The summed E-state index contributed by atoms with van der Waals surface area (Å²) in [7, 11) is 0. The Morgan fingerprint density at radius 2 is 0.968 bits per heavy atom. The second-order valence-electron chi connectivity index (χ2n) is 5.45. The highest BCUT2D eigenvalue weighted by Gasteiger charge is 2.85. The van der Waals surface area contributed by atoms with E-state index in [4.69, 9.17) is 0 Å². The van der Waals surface area contributed by atoms with Gasteiger partial charge in [0.25, 0.3) is 0 Å². The van der Waals surface area contributed by atoms with Crippen LogP contribution in [-0.4, -0.2) is 48.4 Å². The van der Waals surface area contributed by atoms with Crippen LogP contribution in [0.2, 0.25) is 0 Å². The third-order valence-electron chi connectivity index (χ3n) is 3.07. The van der Waals surface area contributed by atoms with E-state index in [1.54, 1.807) is 4.74 Å². The molecule has 0 aromatic heterocycles. The third-order valence-corrected chi connectivity index (χ3v) is 3.07. The van der Waals surface area contributed by atoms with E-state index in [9.17, 15) is 74.6 Å². The summed E-state index contributed by atoms with van der Waals surface area (Å²) in [4.78, 5) is 0. The number of rotatable bonds is 10. The molecule has 0 N–H and O–H groups in total. The van der Waals surface area contributed by atoms with Crippen LogP contribution in [0.3, 0.4) is 0 Å². The van der Waals surface area contributed by atoms with Crippen LogP contribution in [0.15, 0.2) is 12.7 Å². The molecule has 0 fully saturated rings. The van der Waals surface area contributed by atoms with Crippen molar-refractivity contribution in [2.24, 2.45) is 0 Å². The first-order chi connectivity index (χ1) is 13.2. The Kier molecular flexibility index (Phi) is 7.71. The van der Waals surface area contributed by atoms with E-state index in [-0.39, 0.29) is 0 Å². The van der Waals surface area contributed by atoms with Gasteiger partial charge in [-0.3, -0.25) is 4.74 Å². The number of hydrogen-bond acceptors (Lipinski definition) is 2. The molecular weight excluding hydrogens is 499 g/mol. The molecule has 0 spiro atoms. The molecule has 0 aliphatic heterocycles. The Labute approximate surface area is 159 Å². The largest absolute Gasteiger partial charge is 0.462 e. The first-order valence-electron chi connectivity index (χ1n) is 6.95. The van der Waals surface area contributed by atoms with Crippen molar-refractivity contribution in [3.8, 4) is 0 Å². The zero-order valence-electron chi connectivity index (χ0n) is 13.9. The molecule has 0 aromatic rings. The monoisotopic (exact) mass is 506 g/mol. The standard InChI is InChI=1S/C12H7F17O2/c1-2-3-4-5(13,14)10(24,25)31-12(28,29)7(17,9(21,22)23)30-11(26,27)6(15,16)8(18,19)20/h2H,1,3-4H2. The number of hydrogen-bond donors (Lipinski definition) is 0. The Morgan fingerprint density at radius 1 is 0.548 bits per heavy atom. The van der Waals surface area contributed by atoms with Crippen LogP contribution >= 0.6 is 0 Å². The fraction of sp³-hybridized carbons (Fsp3) is 0.833. The van der Waals surface area contributed by atoms with Crippen molar-refractivity contribution in [3.05, 3.63) is 12.7 Å². The molecule has 19 heteroatoms. The highest BCUT2D eigenvalue weighted by atomic mass is 19.4. The van der Waals surface area contributed by atoms with Gasteiger partial charge in [-0.15, -0.1) is 6.58 Å². The smallest absolute Gasteiger partial charge is 0.262 e. The average molecular weight is 506 g/mol. The van der Waals surface area contributed by atoms with Gasteiger partial charge in [-0.1, -0.05) is 6.08 Å². The Balaban J connectivity index is 6.38. The van der Waals surface area contributed by atoms with Crippen LogP contribution in [0.5, 0.6) is 0 Å². The molecule has 2 nitrogen and oxygen atoms in total. The highest BCUT2D eigenvalue weighted by Crippen LogP contribution is 2.56. The fourth-order valence-electron chi connectivity index (χ4n) is 1.42. The molecule has 0 bridgehead atoms. The molecule has 0 saturated heterocycles. The van der Waals surface area contributed by atoms with Crippen molar-refractivity contribution in [2.45, 2.75) is 61.2 Å². The summed E-state index contributed by atoms with van der Waals surface area (Å²) in [5.74, 6) is -21.6. The molecule has 1 unspecified atom stereocenters. The lowest BCUT2D eigenvalue weighted by Gasteiger charge is -2.39. The number of alkyl halides is 17. The van der Waals surface area contributed by atoms with Gasteiger partial charge < -0.3 is 0 Å². The van der Waals surface area contributed by atoms with E-state index < -0.39 is 61.2 Å². The molecule has 0 radical (unpaired) electrons. The molecule has 0 aliphatic rings. The minimum atomic E-state index is -7.91. The van der Waals surface area contributed by atoms with Crippen molar-refractivity contribution in [1.82, 2.24) is 0 Å². The van der Waals surface area contributed by atoms with Gasteiger partial charge in [0.15, 0.2) is 0 Å². The summed E-state index contributed by atoms with van der Waals surface area (Å²) < 4.78 is 220. The highest BCUT2D eigenvalue weighted by molar-refractivity contribution is 4.94. The topological polar surface area (TPSA) is 18.5 Å². The maximum atomic E-state index is 13.7. The predicted molar refractivity (Wildman–Crippen MR) is 62.3 cm³/mol. The van der Waals surface area contributed by atoms with Crippen LogP contribution in [0, 0.1) is 0 Å². The summed E-state index contributed by atoms with van der Waals surface area (Å²) in [5.41, 5.74) is 0. The van der Waals surface area contributed by atoms with Crippen molar-refractivity contribution < 1.29 is 84.1 Å². The quantitative estimate of drug-likeness (QED) is 0.239. The number of ether oxygens (including phenoxy) is 2. The molecule has 0 aliphatic carbocycles. The van der Waals surface area contributed by atoms with E-state index in [0.29, 0.717) is 6.08 Å². The van der Waals surface area contributed by atoms with Crippen LogP contribution in [0.4, 0.5) is 74.6 Å². The van der Waals surface area contributed by atoms with Crippen molar-refractivity contribution >= 4 is 0 Å². The SMILES string of the molecule is C=CCCC(F)(F)C(F)(F)OC(F)(F)C(F)(OC(F)(F)C(F)(F)C(F)(F)F)C(F)(F)F. The summed E-state index contributed by atoms with van der Waals surface area (Å²) in [6, 6.07) is 0. The molecule has 0 rings (SSSR count). The van der Waals surface area contributed by atoms with Crippen LogP contribution in [0.1, 0.15) is 12.8 Å². The second kappa shape index (κ2) is 8.11. The minimum absolute atomic E-state index is 0.459. The van der Waals surface area contributed by atoms with Gasteiger partial charge in [-0.2, -0.15) is 74.6 Å². The van der Waals surface area contributed by atoms with Gasteiger partial charge in [-0.25, -0.2) is 4.74 Å². The van der Waals surface area contributed by atoms with E-state index in [2.05, 4.69) is 6.58 Å². The Bertz CT molecular complexity index is 634. The lowest BCUT2D eigenvalue weighted by Crippen LogP contribution is -2.67. The van der Waals surface area contributed by atoms with Gasteiger partial charge in [0, 0.05) is 6.42 Å². The Hall–Kier alpha value is -1.53. The predicted octanol–water partition coefficient (Wildman–Crippen LogP) is 6.83. The molecular formula is C12H7F17O2. The van der Waals surface area contributed by atoms with Gasteiger partial charge in [-0.05, 0) is 6.42 Å². The molecule has 0 aromatic carbocycles. The summed E-state index contributed by atoms with van der Waals surface area (Å²) in [6.07, 6.45) is -40.6. The lowest BCUT2D eigenvalue weighted by atomic mass is 10.1. The summed E-state index contributed by atoms with van der Waals surface area (Å²) >= 11 is 0. The lowest BCUT2D eigenvalue weighted by molar-refractivity contribution is -0.557. The van der Waals surface area contributed by atoms with Gasteiger partial charge in [0.05, 0.1) is 0 Å². The molecule has 0 saturated carbocycles. The maximum absolute atomic E-state index is 13.7. The normalized spacial score (nSPS) is 17.5. The first-order valence-corrected chi connectivity index (χ1v) is 6.95. The fourth-order valence-corrected chi connectivity index (χ4v) is 1.42. The molecule has 1 atom stereocenters. The van der Waals surface area contributed by atoms with E-state index in [1.807, 2.05) is 0 Å². The van der Waals surface area contributed by atoms with E-state index >= 15 is 0 Å². The van der Waals surface area contributed by atoms with Crippen molar-refractivity contribution in [3.63, 3.8) is 0 Å². The van der Waals surface area contributed by atoms with Crippen molar-refractivity contribution in [2.75, 3.05) is 0 Å². The molecule has 0 heterocycles. The van der Waals surface area contributed by atoms with Crippen molar-refractivity contribution in [1.29, 1.82) is 0 Å². The van der Waals surface area contributed by atoms with Crippen LogP contribution < -0.4 is 0 Å². The second-order valence-corrected chi connectivity index (χ2v) is 5.45. The molecule has 31 heavy (non-hydrogen) atoms. The van der Waals surface area contributed by atoms with Gasteiger partial charge in [0.1, 0.15) is 0 Å². The Morgan fingerprint density at radius 3 is 1.29 bits per heavy atom. The first kappa shape index (κ1) is 29.5. The summed E-state index contributed by atoms with van der Waals surface area (Å²) in [6.45, 7) is 2.73. The number of allylic oxidation sites excluding steroid dienone is 1. The third kappa shape index (κ3) is 5.46. The van der Waals surface area contributed by atoms with Gasteiger partial charge in [0.2, 0.25) is 0 Å². The zero-order valence-corrected chi connectivity index (χ0v) is 13.9. The van der Waals surface area contributed by atoms with Gasteiger partial charge >= 0.3 is 48.4 Å². The van der Waals surface area contributed by atoms with Crippen LogP contribution in [-0.2, 0) is 9.47 Å². The van der Waals surface area contributed by atoms with E-state index in [1.165, 1.54) is 4.74 Å². The zero-order chi connectivity index (χ0) is 25.5. The number of halogens is 17. The molecule has 186 valence electrons. The average Bonchev–Trinajstić information content (AvgIpc) is 2.48.